The fourth-order valence-electron chi connectivity index (χ4n) is 2.61. The molecule has 2 aromatic heterocycles. The van der Waals surface area contributed by atoms with Crippen LogP contribution in [0, 0.1) is 25.2 Å². The van der Waals surface area contributed by atoms with Gasteiger partial charge in [-0.15, -0.1) is 0 Å². The molecule has 0 aliphatic heterocycles. The van der Waals surface area contributed by atoms with E-state index in [0.717, 1.165) is 16.9 Å². The Balaban J connectivity index is 1.65. The molecule has 0 saturated heterocycles. The Morgan fingerprint density at radius 1 is 1.23 bits per heavy atom. The van der Waals surface area contributed by atoms with Gasteiger partial charge in [0, 0.05) is 17.9 Å². The van der Waals surface area contributed by atoms with Gasteiger partial charge in [-0.2, -0.15) is 5.26 Å². The lowest BCUT2D eigenvalue weighted by atomic mass is 10.1. The number of anilines is 2. The van der Waals surface area contributed by atoms with E-state index in [9.17, 15) is 10.1 Å². The smallest absolute Gasteiger partial charge is 0.291 e. The van der Waals surface area contributed by atoms with Gasteiger partial charge in [-0.25, -0.2) is 0 Å². The Morgan fingerprint density at radius 2 is 2.00 bits per heavy atom. The second-order valence-corrected chi connectivity index (χ2v) is 5.87. The number of carbonyl (C=O) groups excluding carboxylic acids is 1. The number of aromatic nitrogens is 1. The molecule has 0 spiro atoms. The minimum Gasteiger partial charge on any atom is -0.459 e. The average Bonchev–Trinajstić information content (AvgIpc) is 3.15. The molecule has 26 heavy (non-hydrogen) atoms. The second kappa shape index (κ2) is 7.53. The van der Waals surface area contributed by atoms with E-state index < -0.39 is 0 Å². The number of nitriles is 1. The standard InChI is InChI=1S/C20H18N4O2/c1-13-10-18(17(11-21)14(2)23-13)22-12-15-5-7-16(8-6-15)24-20(25)19-4-3-9-26-19/h3-10H,12H2,1-2H3,(H,22,23)(H,24,25). The lowest BCUT2D eigenvalue weighted by Crippen LogP contribution is -2.10. The van der Waals surface area contributed by atoms with Crippen molar-refractivity contribution in [3.63, 3.8) is 0 Å². The number of nitrogens with one attached hydrogen (secondary N) is 2. The number of rotatable bonds is 5. The maximum absolute atomic E-state index is 12.0. The zero-order chi connectivity index (χ0) is 18.5. The van der Waals surface area contributed by atoms with E-state index in [-0.39, 0.29) is 11.7 Å². The van der Waals surface area contributed by atoms with E-state index in [2.05, 4.69) is 21.7 Å². The minimum atomic E-state index is -0.290. The summed E-state index contributed by atoms with van der Waals surface area (Å²) >= 11 is 0. The topological polar surface area (TPSA) is 91.0 Å². The van der Waals surface area contributed by atoms with Crippen LogP contribution in [0.15, 0.2) is 53.1 Å². The fraction of sp³-hybridized carbons (Fsp3) is 0.150. The molecule has 0 atom stereocenters. The third-order valence-electron chi connectivity index (χ3n) is 3.88. The van der Waals surface area contributed by atoms with Crippen LogP contribution in [0.4, 0.5) is 11.4 Å². The highest BCUT2D eigenvalue weighted by atomic mass is 16.3. The van der Waals surface area contributed by atoms with Gasteiger partial charge in [-0.05, 0) is 49.7 Å². The van der Waals surface area contributed by atoms with Crippen LogP contribution in [0.2, 0.25) is 0 Å². The molecule has 6 nitrogen and oxygen atoms in total. The number of aryl methyl sites for hydroxylation is 2. The van der Waals surface area contributed by atoms with Crippen molar-refractivity contribution in [1.29, 1.82) is 5.26 Å². The van der Waals surface area contributed by atoms with Crippen LogP contribution in [0.5, 0.6) is 0 Å². The molecule has 130 valence electrons. The van der Waals surface area contributed by atoms with E-state index in [1.54, 1.807) is 12.1 Å². The Labute approximate surface area is 151 Å². The van der Waals surface area contributed by atoms with Gasteiger partial charge in [0.1, 0.15) is 6.07 Å². The number of benzene rings is 1. The van der Waals surface area contributed by atoms with Crippen molar-refractivity contribution in [2.75, 3.05) is 10.6 Å². The van der Waals surface area contributed by atoms with Crippen molar-refractivity contribution >= 4 is 17.3 Å². The first kappa shape index (κ1) is 17.2. The van der Waals surface area contributed by atoms with E-state index in [1.807, 2.05) is 44.2 Å². The molecule has 1 aromatic carbocycles. The van der Waals surface area contributed by atoms with Gasteiger partial charge < -0.3 is 15.1 Å². The molecular formula is C20H18N4O2. The highest BCUT2D eigenvalue weighted by Crippen LogP contribution is 2.20. The summed E-state index contributed by atoms with van der Waals surface area (Å²) in [5.74, 6) is -0.0227. The maximum Gasteiger partial charge on any atom is 0.291 e. The Kier molecular flexibility index (Phi) is 4.99. The summed E-state index contributed by atoms with van der Waals surface area (Å²) in [6.45, 7) is 4.28. The van der Waals surface area contributed by atoms with Gasteiger partial charge in [0.15, 0.2) is 5.76 Å². The number of hydrogen-bond donors (Lipinski definition) is 2. The summed E-state index contributed by atoms with van der Waals surface area (Å²) in [5.41, 5.74) is 4.61. The van der Waals surface area contributed by atoms with E-state index in [1.165, 1.54) is 6.26 Å². The van der Waals surface area contributed by atoms with Crippen LogP contribution in [-0.4, -0.2) is 10.9 Å². The predicted molar refractivity (Wildman–Crippen MR) is 98.9 cm³/mol. The molecule has 2 heterocycles. The highest BCUT2D eigenvalue weighted by molar-refractivity contribution is 6.02. The molecule has 3 aromatic rings. The van der Waals surface area contributed by atoms with Gasteiger partial charge in [-0.3, -0.25) is 9.78 Å². The Morgan fingerprint density at radius 3 is 2.65 bits per heavy atom. The van der Waals surface area contributed by atoms with Crippen molar-refractivity contribution in [2.45, 2.75) is 20.4 Å². The van der Waals surface area contributed by atoms with Crippen LogP contribution in [0.3, 0.4) is 0 Å². The minimum absolute atomic E-state index is 0.267. The van der Waals surface area contributed by atoms with Gasteiger partial charge in [0.25, 0.3) is 5.91 Å². The van der Waals surface area contributed by atoms with Crippen LogP contribution < -0.4 is 10.6 Å². The number of carbonyl (C=O) groups is 1. The Bertz CT molecular complexity index is 955. The molecule has 0 saturated carbocycles. The number of furan rings is 1. The third-order valence-corrected chi connectivity index (χ3v) is 3.88. The third kappa shape index (κ3) is 3.90. The van der Waals surface area contributed by atoms with Gasteiger partial charge in [0.2, 0.25) is 0 Å². The quantitative estimate of drug-likeness (QED) is 0.728. The SMILES string of the molecule is Cc1cc(NCc2ccc(NC(=O)c3ccco3)cc2)c(C#N)c(C)n1. The summed E-state index contributed by atoms with van der Waals surface area (Å²) in [6.07, 6.45) is 1.46. The predicted octanol–water partition coefficient (Wildman–Crippen LogP) is 4.03. The molecule has 3 rings (SSSR count). The summed E-state index contributed by atoms with van der Waals surface area (Å²) in [6, 6.07) is 14.8. The zero-order valence-electron chi connectivity index (χ0n) is 14.5. The largest absolute Gasteiger partial charge is 0.459 e. The second-order valence-electron chi connectivity index (χ2n) is 5.87. The number of hydrogen-bond acceptors (Lipinski definition) is 5. The van der Waals surface area contributed by atoms with Gasteiger partial charge in [-0.1, -0.05) is 12.1 Å². The van der Waals surface area contributed by atoms with Crippen molar-refractivity contribution in [1.82, 2.24) is 4.98 Å². The van der Waals surface area contributed by atoms with Crippen LogP contribution in [0.25, 0.3) is 0 Å². The lowest BCUT2D eigenvalue weighted by molar-refractivity contribution is 0.0996. The van der Waals surface area contributed by atoms with Crippen molar-refractivity contribution in [3.05, 3.63) is 77.0 Å². The molecule has 2 N–H and O–H groups in total. The molecule has 0 fully saturated rings. The normalized spacial score (nSPS) is 10.2. The van der Waals surface area contributed by atoms with Crippen molar-refractivity contribution in [3.8, 4) is 6.07 Å². The van der Waals surface area contributed by atoms with Crippen molar-refractivity contribution in [2.24, 2.45) is 0 Å². The molecule has 0 aliphatic rings. The monoisotopic (exact) mass is 346 g/mol. The first-order chi connectivity index (χ1) is 12.6. The zero-order valence-corrected chi connectivity index (χ0v) is 14.5. The molecule has 0 bridgehead atoms. The molecule has 0 aliphatic carbocycles. The first-order valence-corrected chi connectivity index (χ1v) is 8.13. The molecule has 6 heteroatoms. The maximum atomic E-state index is 12.0. The number of pyridine rings is 1. The molecule has 0 unspecified atom stereocenters. The Hall–Kier alpha value is -3.59. The molecule has 1 amide bonds. The van der Waals surface area contributed by atoms with Crippen LogP contribution >= 0.6 is 0 Å². The van der Waals surface area contributed by atoms with Crippen LogP contribution in [0.1, 0.15) is 33.1 Å². The van der Waals surface area contributed by atoms with Crippen molar-refractivity contribution < 1.29 is 9.21 Å². The molecular weight excluding hydrogens is 328 g/mol. The number of nitrogens with zero attached hydrogens (tertiary/aromatic N) is 2. The highest BCUT2D eigenvalue weighted by Gasteiger charge is 2.09. The van der Waals surface area contributed by atoms with E-state index in [4.69, 9.17) is 4.42 Å². The first-order valence-electron chi connectivity index (χ1n) is 8.13. The number of amides is 1. The summed E-state index contributed by atoms with van der Waals surface area (Å²) in [7, 11) is 0. The molecule has 0 radical (unpaired) electrons. The van der Waals surface area contributed by atoms with E-state index >= 15 is 0 Å². The summed E-state index contributed by atoms with van der Waals surface area (Å²) in [5, 5.41) is 15.4. The summed E-state index contributed by atoms with van der Waals surface area (Å²) in [4.78, 5) is 16.3. The lowest BCUT2D eigenvalue weighted by Gasteiger charge is -2.11. The van der Waals surface area contributed by atoms with Gasteiger partial charge in [0.05, 0.1) is 23.2 Å². The summed E-state index contributed by atoms with van der Waals surface area (Å²) < 4.78 is 5.07. The average molecular weight is 346 g/mol. The fourth-order valence-corrected chi connectivity index (χ4v) is 2.61. The van der Waals surface area contributed by atoms with Crippen LogP contribution in [-0.2, 0) is 6.54 Å². The van der Waals surface area contributed by atoms with Gasteiger partial charge >= 0.3 is 0 Å². The van der Waals surface area contributed by atoms with E-state index in [0.29, 0.717) is 23.5 Å².